The van der Waals surface area contributed by atoms with Gasteiger partial charge in [-0.3, -0.25) is 4.79 Å². The number of nitrogens with zero attached hydrogens (tertiary/aromatic N) is 2. The van der Waals surface area contributed by atoms with E-state index in [0.29, 0.717) is 30.3 Å². The number of allylic oxidation sites excluding steroid dienone is 1. The molecule has 0 saturated carbocycles. The molecular formula is C17H9F8N3O2. The quantitative estimate of drug-likeness (QED) is 0.264. The lowest BCUT2D eigenvalue weighted by Gasteiger charge is -2.10. The fraction of sp³-hybridized carbons (Fsp3) is 0.118. The van der Waals surface area contributed by atoms with Gasteiger partial charge in [-0.15, -0.1) is 5.11 Å². The van der Waals surface area contributed by atoms with Crippen molar-refractivity contribution in [3.8, 4) is 0 Å². The maximum absolute atomic E-state index is 13.6. The summed E-state index contributed by atoms with van der Waals surface area (Å²) in [6, 6.07) is 4.63. The Labute approximate surface area is 162 Å². The second kappa shape index (κ2) is 8.47. The van der Waals surface area contributed by atoms with Gasteiger partial charge in [-0.2, -0.15) is 31.5 Å². The highest BCUT2D eigenvalue weighted by molar-refractivity contribution is 6.03. The van der Waals surface area contributed by atoms with Crippen LogP contribution in [0.15, 0.2) is 64.1 Å². The molecule has 0 radical (unpaired) electrons. The van der Waals surface area contributed by atoms with Gasteiger partial charge in [-0.05, 0) is 30.3 Å². The highest BCUT2D eigenvalue weighted by Crippen LogP contribution is 2.32. The normalized spacial score (nSPS) is 13.3. The average Bonchev–Trinajstić information content (AvgIpc) is 2.63. The monoisotopic (exact) mass is 439 g/mol. The third-order valence-corrected chi connectivity index (χ3v) is 3.33. The predicted octanol–water partition coefficient (Wildman–Crippen LogP) is 6.04. The van der Waals surface area contributed by atoms with E-state index in [0.717, 1.165) is 12.1 Å². The Bertz CT molecular complexity index is 1010. The summed E-state index contributed by atoms with van der Waals surface area (Å²) < 4.78 is 103. The number of nitrogens with one attached hydrogen (secondary N) is 1. The van der Waals surface area contributed by atoms with E-state index in [1.54, 1.807) is 5.32 Å². The number of azo groups is 1. The average molecular weight is 439 g/mol. The highest BCUT2D eigenvalue weighted by Gasteiger charge is 2.39. The molecular weight excluding hydrogens is 430 g/mol. The molecule has 1 amide bonds. The zero-order chi connectivity index (χ0) is 22.7. The number of rotatable bonds is 4. The van der Waals surface area contributed by atoms with Crippen molar-refractivity contribution in [1.82, 2.24) is 0 Å². The Hall–Kier alpha value is -3.51. The van der Waals surface area contributed by atoms with Gasteiger partial charge >= 0.3 is 12.4 Å². The maximum atomic E-state index is 13.6. The van der Waals surface area contributed by atoms with E-state index in [9.17, 15) is 45.0 Å². The van der Waals surface area contributed by atoms with Crippen LogP contribution in [0.3, 0.4) is 0 Å². The molecule has 0 saturated heterocycles. The molecule has 5 nitrogen and oxygen atoms in total. The standard InChI is InChI=1S/C17H9F8N3O2/c18-9-4-5-12(11(19)7-9)26-15(30)13(14(29)17(23,24)25)28-27-10-3-1-2-8(6-10)16(20,21)22/h1-7,29H,(H,26,30)/b14-13-,28-27?. The van der Waals surface area contributed by atoms with Crippen LogP contribution in [0.5, 0.6) is 0 Å². The molecule has 13 heteroatoms. The van der Waals surface area contributed by atoms with Crippen LogP contribution < -0.4 is 5.32 Å². The van der Waals surface area contributed by atoms with Crippen molar-refractivity contribution in [1.29, 1.82) is 0 Å². The van der Waals surface area contributed by atoms with Crippen molar-refractivity contribution >= 4 is 17.3 Å². The lowest BCUT2D eigenvalue weighted by atomic mass is 10.2. The van der Waals surface area contributed by atoms with Crippen molar-refractivity contribution in [2.24, 2.45) is 10.2 Å². The van der Waals surface area contributed by atoms with E-state index < -0.39 is 58.3 Å². The van der Waals surface area contributed by atoms with Crippen LogP contribution in [-0.4, -0.2) is 17.2 Å². The molecule has 0 bridgehead atoms. The maximum Gasteiger partial charge on any atom is 0.451 e. The molecule has 0 atom stereocenters. The summed E-state index contributed by atoms with van der Waals surface area (Å²) in [6.07, 6.45) is -10.3. The van der Waals surface area contributed by atoms with Gasteiger partial charge < -0.3 is 10.4 Å². The minimum absolute atomic E-state index is 0.326. The van der Waals surface area contributed by atoms with Crippen molar-refractivity contribution in [2.75, 3.05) is 5.32 Å². The third-order valence-electron chi connectivity index (χ3n) is 3.33. The number of anilines is 1. The Balaban J connectivity index is 2.42. The Kier molecular flexibility index (Phi) is 6.43. The molecule has 0 heterocycles. The lowest BCUT2D eigenvalue weighted by Crippen LogP contribution is -2.21. The summed E-state index contributed by atoms with van der Waals surface area (Å²) >= 11 is 0. The molecule has 2 aromatic rings. The van der Waals surface area contributed by atoms with Crippen LogP contribution >= 0.6 is 0 Å². The van der Waals surface area contributed by atoms with E-state index in [1.165, 1.54) is 0 Å². The van der Waals surface area contributed by atoms with Gasteiger partial charge in [0.2, 0.25) is 5.76 Å². The fourth-order valence-electron chi connectivity index (χ4n) is 1.96. The molecule has 0 aliphatic heterocycles. The van der Waals surface area contributed by atoms with Crippen LogP contribution in [0, 0.1) is 11.6 Å². The number of halogens is 8. The number of hydrogen-bond donors (Lipinski definition) is 2. The topological polar surface area (TPSA) is 74.0 Å². The molecule has 0 unspecified atom stereocenters. The van der Waals surface area contributed by atoms with Crippen molar-refractivity contribution in [2.45, 2.75) is 12.4 Å². The van der Waals surface area contributed by atoms with Crippen molar-refractivity contribution in [3.63, 3.8) is 0 Å². The fourth-order valence-corrected chi connectivity index (χ4v) is 1.96. The zero-order valence-electron chi connectivity index (χ0n) is 14.3. The summed E-state index contributed by atoms with van der Waals surface area (Å²) in [6.45, 7) is 0. The molecule has 0 aliphatic carbocycles. The van der Waals surface area contributed by atoms with Crippen LogP contribution in [0.4, 0.5) is 46.5 Å². The first kappa shape index (κ1) is 22.8. The number of benzene rings is 2. The first-order chi connectivity index (χ1) is 13.8. The number of carbonyl (C=O) groups is 1. The van der Waals surface area contributed by atoms with E-state index in [1.807, 2.05) is 0 Å². The third kappa shape index (κ3) is 5.75. The highest BCUT2D eigenvalue weighted by atomic mass is 19.4. The van der Waals surface area contributed by atoms with Crippen LogP contribution in [0.25, 0.3) is 0 Å². The van der Waals surface area contributed by atoms with Crippen LogP contribution in [-0.2, 0) is 11.0 Å². The van der Waals surface area contributed by atoms with E-state index in [4.69, 9.17) is 0 Å². The van der Waals surface area contributed by atoms with Gasteiger partial charge in [-0.1, -0.05) is 6.07 Å². The van der Waals surface area contributed by atoms with Gasteiger partial charge in [-0.25, -0.2) is 8.78 Å². The minimum Gasteiger partial charge on any atom is -0.503 e. The number of amides is 1. The largest absolute Gasteiger partial charge is 0.503 e. The molecule has 0 spiro atoms. The molecule has 0 aromatic heterocycles. The van der Waals surface area contributed by atoms with Crippen LogP contribution in [0.2, 0.25) is 0 Å². The molecule has 160 valence electrons. The smallest absolute Gasteiger partial charge is 0.451 e. The van der Waals surface area contributed by atoms with E-state index in [2.05, 4.69) is 10.2 Å². The van der Waals surface area contributed by atoms with E-state index in [-0.39, 0.29) is 0 Å². The summed E-state index contributed by atoms with van der Waals surface area (Å²) in [7, 11) is 0. The van der Waals surface area contributed by atoms with Crippen molar-refractivity contribution in [3.05, 3.63) is 71.1 Å². The Morgan fingerprint density at radius 3 is 2.20 bits per heavy atom. The first-order valence-corrected chi connectivity index (χ1v) is 7.65. The van der Waals surface area contributed by atoms with Crippen LogP contribution in [0.1, 0.15) is 5.56 Å². The summed E-state index contributed by atoms with van der Waals surface area (Å²) in [5, 5.41) is 16.9. The molecule has 0 fully saturated rings. The molecule has 2 rings (SSSR count). The second-order valence-corrected chi connectivity index (χ2v) is 5.52. The SMILES string of the molecule is O=C(Nc1ccc(F)cc1F)/C(N=Nc1cccc(C(F)(F)F)c1)=C(/O)C(F)(F)F. The van der Waals surface area contributed by atoms with E-state index >= 15 is 0 Å². The number of hydrogen-bond acceptors (Lipinski definition) is 4. The first-order valence-electron chi connectivity index (χ1n) is 7.65. The summed E-state index contributed by atoms with van der Waals surface area (Å²) in [5.74, 6) is -6.71. The lowest BCUT2D eigenvalue weighted by molar-refractivity contribution is -0.137. The Morgan fingerprint density at radius 2 is 1.63 bits per heavy atom. The Morgan fingerprint density at radius 1 is 0.967 bits per heavy atom. The van der Waals surface area contributed by atoms with Gasteiger partial charge in [0.1, 0.15) is 11.6 Å². The summed E-state index contributed by atoms with van der Waals surface area (Å²) in [4.78, 5) is 12.1. The molecule has 2 aromatic carbocycles. The number of alkyl halides is 6. The predicted molar refractivity (Wildman–Crippen MR) is 86.7 cm³/mol. The zero-order valence-corrected chi connectivity index (χ0v) is 14.3. The van der Waals surface area contributed by atoms with Gasteiger partial charge in [0, 0.05) is 6.07 Å². The summed E-state index contributed by atoms with van der Waals surface area (Å²) in [5.41, 5.74) is -4.29. The van der Waals surface area contributed by atoms with Gasteiger partial charge in [0.25, 0.3) is 5.91 Å². The second-order valence-electron chi connectivity index (χ2n) is 5.52. The number of aliphatic hydroxyl groups is 1. The van der Waals surface area contributed by atoms with Gasteiger partial charge in [0.05, 0.1) is 16.9 Å². The van der Waals surface area contributed by atoms with Crippen molar-refractivity contribution < 1.29 is 45.0 Å². The minimum atomic E-state index is -5.49. The molecule has 0 aliphatic rings. The molecule has 2 N–H and O–H groups in total. The van der Waals surface area contributed by atoms with Gasteiger partial charge in [0.15, 0.2) is 5.70 Å². The number of aliphatic hydroxyl groups excluding tert-OH is 1. The molecule has 30 heavy (non-hydrogen) atoms. The number of carbonyl (C=O) groups excluding carboxylic acids is 1.